The third-order valence-corrected chi connectivity index (χ3v) is 2.79. The van der Waals surface area contributed by atoms with Gasteiger partial charge in [0.05, 0.1) is 11.6 Å². The first-order valence-corrected chi connectivity index (χ1v) is 6.09. The Morgan fingerprint density at radius 3 is 2.33 bits per heavy atom. The SMILES string of the molecule is N#Cc1ccc(C=CCCc2ccccc2)cc1. The van der Waals surface area contributed by atoms with Crippen LogP contribution in [0.4, 0.5) is 0 Å². The highest BCUT2D eigenvalue weighted by molar-refractivity contribution is 5.50. The molecule has 1 heteroatoms. The molecule has 0 aliphatic rings. The Morgan fingerprint density at radius 1 is 0.944 bits per heavy atom. The van der Waals surface area contributed by atoms with E-state index in [0.717, 1.165) is 18.4 Å². The number of aryl methyl sites for hydroxylation is 1. The van der Waals surface area contributed by atoms with Crippen molar-refractivity contribution in [1.29, 1.82) is 5.26 Å². The smallest absolute Gasteiger partial charge is 0.0991 e. The Balaban J connectivity index is 1.86. The second kappa shape index (κ2) is 6.42. The van der Waals surface area contributed by atoms with E-state index >= 15 is 0 Å². The van der Waals surface area contributed by atoms with E-state index in [1.165, 1.54) is 5.56 Å². The lowest BCUT2D eigenvalue weighted by atomic mass is 10.1. The Bertz CT molecular complexity index is 544. The van der Waals surface area contributed by atoms with Gasteiger partial charge in [0.15, 0.2) is 0 Å². The van der Waals surface area contributed by atoms with Crippen molar-refractivity contribution in [2.24, 2.45) is 0 Å². The van der Waals surface area contributed by atoms with Crippen molar-refractivity contribution in [3.8, 4) is 6.07 Å². The van der Waals surface area contributed by atoms with E-state index in [1.54, 1.807) is 0 Å². The highest BCUT2D eigenvalue weighted by atomic mass is 14.2. The quantitative estimate of drug-likeness (QED) is 0.776. The van der Waals surface area contributed by atoms with Crippen LogP contribution in [-0.4, -0.2) is 0 Å². The zero-order valence-corrected chi connectivity index (χ0v) is 10.2. The van der Waals surface area contributed by atoms with Gasteiger partial charge in [0, 0.05) is 0 Å². The molecule has 88 valence electrons. The number of benzene rings is 2. The first-order chi connectivity index (χ1) is 8.88. The van der Waals surface area contributed by atoms with Crippen molar-refractivity contribution >= 4 is 6.08 Å². The van der Waals surface area contributed by atoms with Gasteiger partial charge in [-0.15, -0.1) is 0 Å². The molecule has 0 fully saturated rings. The molecule has 0 bridgehead atoms. The monoisotopic (exact) mass is 233 g/mol. The fourth-order valence-corrected chi connectivity index (χ4v) is 1.78. The molecule has 0 spiro atoms. The molecule has 0 N–H and O–H groups in total. The number of nitrogens with zero attached hydrogens (tertiary/aromatic N) is 1. The van der Waals surface area contributed by atoms with Crippen molar-refractivity contribution < 1.29 is 0 Å². The van der Waals surface area contributed by atoms with Gasteiger partial charge in [-0.05, 0) is 36.1 Å². The van der Waals surface area contributed by atoms with Gasteiger partial charge in [0.1, 0.15) is 0 Å². The van der Waals surface area contributed by atoms with E-state index in [2.05, 4.69) is 42.5 Å². The van der Waals surface area contributed by atoms with Crippen LogP contribution < -0.4 is 0 Å². The van der Waals surface area contributed by atoms with Crippen molar-refractivity contribution in [1.82, 2.24) is 0 Å². The average Bonchev–Trinajstić information content (AvgIpc) is 2.45. The van der Waals surface area contributed by atoms with Crippen LogP contribution in [0.2, 0.25) is 0 Å². The van der Waals surface area contributed by atoms with Crippen LogP contribution in [0.1, 0.15) is 23.1 Å². The third-order valence-electron chi connectivity index (χ3n) is 2.79. The maximum Gasteiger partial charge on any atom is 0.0991 e. The second-order valence-electron chi connectivity index (χ2n) is 4.16. The molecule has 0 aliphatic carbocycles. The Morgan fingerprint density at radius 2 is 1.67 bits per heavy atom. The normalized spacial score (nSPS) is 10.4. The van der Waals surface area contributed by atoms with Gasteiger partial charge in [0.2, 0.25) is 0 Å². The van der Waals surface area contributed by atoms with E-state index in [0.29, 0.717) is 5.56 Å². The van der Waals surface area contributed by atoms with Crippen LogP contribution in [0.25, 0.3) is 6.08 Å². The lowest BCUT2D eigenvalue weighted by molar-refractivity contribution is 1.01. The second-order valence-corrected chi connectivity index (χ2v) is 4.16. The highest BCUT2D eigenvalue weighted by Crippen LogP contribution is 2.07. The van der Waals surface area contributed by atoms with Crippen molar-refractivity contribution in [2.45, 2.75) is 12.8 Å². The van der Waals surface area contributed by atoms with E-state index in [1.807, 2.05) is 30.3 Å². The van der Waals surface area contributed by atoms with Crippen LogP contribution in [0.5, 0.6) is 0 Å². The van der Waals surface area contributed by atoms with Crippen LogP contribution >= 0.6 is 0 Å². The molecule has 2 aromatic rings. The van der Waals surface area contributed by atoms with Gasteiger partial charge in [-0.1, -0.05) is 54.6 Å². The number of rotatable bonds is 4. The molecule has 0 aliphatic heterocycles. The molecule has 0 radical (unpaired) electrons. The molecule has 0 aromatic heterocycles. The molecule has 0 atom stereocenters. The summed E-state index contributed by atoms with van der Waals surface area (Å²) in [6.45, 7) is 0. The fourth-order valence-electron chi connectivity index (χ4n) is 1.78. The Kier molecular flexibility index (Phi) is 4.33. The highest BCUT2D eigenvalue weighted by Gasteiger charge is 1.90. The summed E-state index contributed by atoms with van der Waals surface area (Å²) in [7, 11) is 0. The fraction of sp³-hybridized carbons (Fsp3) is 0.118. The number of nitriles is 1. The van der Waals surface area contributed by atoms with E-state index < -0.39 is 0 Å². The molecule has 18 heavy (non-hydrogen) atoms. The molecule has 0 amide bonds. The summed E-state index contributed by atoms with van der Waals surface area (Å²) < 4.78 is 0. The summed E-state index contributed by atoms with van der Waals surface area (Å²) in [6.07, 6.45) is 6.37. The van der Waals surface area contributed by atoms with Crippen LogP contribution in [-0.2, 0) is 6.42 Å². The summed E-state index contributed by atoms with van der Waals surface area (Å²) >= 11 is 0. The minimum Gasteiger partial charge on any atom is -0.192 e. The van der Waals surface area contributed by atoms with E-state index in [-0.39, 0.29) is 0 Å². The van der Waals surface area contributed by atoms with Crippen LogP contribution in [0.3, 0.4) is 0 Å². The van der Waals surface area contributed by atoms with Crippen LogP contribution in [0, 0.1) is 11.3 Å². The maximum absolute atomic E-state index is 8.70. The van der Waals surface area contributed by atoms with Crippen molar-refractivity contribution in [3.05, 3.63) is 77.4 Å². The molecular formula is C17H15N. The molecule has 0 saturated carbocycles. The minimum atomic E-state index is 0.705. The van der Waals surface area contributed by atoms with Gasteiger partial charge in [-0.3, -0.25) is 0 Å². The predicted octanol–water partition coefficient (Wildman–Crippen LogP) is 4.20. The lowest BCUT2D eigenvalue weighted by Crippen LogP contribution is -1.81. The molecule has 1 nitrogen and oxygen atoms in total. The van der Waals surface area contributed by atoms with E-state index in [4.69, 9.17) is 5.26 Å². The number of hydrogen-bond donors (Lipinski definition) is 0. The molecule has 0 saturated heterocycles. The molecular weight excluding hydrogens is 218 g/mol. The van der Waals surface area contributed by atoms with Gasteiger partial charge in [-0.25, -0.2) is 0 Å². The lowest BCUT2D eigenvalue weighted by Gasteiger charge is -1.97. The number of hydrogen-bond acceptors (Lipinski definition) is 1. The minimum absolute atomic E-state index is 0.705. The molecule has 2 rings (SSSR count). The summed E-state index contributed by atoms with van der Waals surface area (Å²) in [5, 5.41) is 8.70. The van der Waals surface area contributed by atoms with Gasteiger partial charge in [-0.2, -0.15) is 5.26 Å². The zero-order valence-electron chi connectivity index (χ0n) is 10.2. The summed E-state index contributed by atoms with van der Waals surface area (Å²) in [4.78, 5) is 0. The summed E-state index contributed by atoms with van der Waals surface area (Å²) in [5.41, 5.74) is 3.21. The average molecular weight is 233 g/mol. The Labute approximate surface area is 108 Å². The van der Waals surface area contributed by atoms with Crippen molar-refractivity contribution in [3.63, 3.8) is 0 Å². The number of allylic oxidation sites excluding steroid dienone is 1. The zero-order chi connectivity index (χ0) is 12.6. The Hall–Kier alpha value is -2.33. The first kappa shape index (κ1) is 12.1. The van der Waals surface area contributed by atoms with Gasteiger partial charge >= 0.3 is 0 Å². The maximum atomic E-state index is 8.70. The summed E-state index contributed by atoms with van der Waals surface area (Å²) in [6, 6.07) is 20.2. The van der Waals surface area contributed by atoms with Crippen molar-refractivity contribution in [2.75, 3.05) is 0 Å². The molecule has 2 aromatic carbocycles. The predicted molar refractivity (Wildman–Crippen MR) is 75.0 cm³/mol. The molecule has 0 unspecified atom stereocenters. The van der Waals surface area contributed by atoms with Gasteiger partial charge < -0.3 is 0 Å². The summed E-state index contributed by atoms with van der Waals surface area (Å²) in [5.74, 6) is 0. The third kappa shape index (κ3) is 3.61. The van der Waals surface area contributed by atoms with E-state index in [9.17, 15) is 0 Å². The van der Waals surface area contributed by atoms with Gasteiger partial charge in [0.25, 0.3) is 0 Å². The molecule has 0 heterocycles. The standard InChI is InChI=1S/C17H15N/c18-14-17-12-10-16(11-13-17)9-5-4-8-15-6-2-1-3-7-15/h1-3,5-7,9-13H,4,8H2. The topological polar surface area (TPSA) is 23.8 Å². The van der Waals surface area contributed by atoms with Crippen LogP contribution in [0.15, 0.2) is 60.7 Å². The first-order valence-electron chi connectivity index (χ1n) is 6.09. The largest absolute Gasteiger partial charge is 0.192 e.